The molecule has 0 bridgehead atoms. The van der Waals surface area contributed by atoms with Crippen molar-refractivity contribution in [3.63, 3.8) is 0 Å². The van der Waals surface area contributed by atoms with Crippen LogP contribution in [0.3, 0.4) is 0 Å². The largest absolute Gasteiger partial charge is 0.496 e. The molecule has 5 nitrogen and oxygen atoms in total. The molecular weight excluding hydrogens is 315 g/mol. The van der Waals surface area contributed by atoms with Crippen molar-refractivity contribution in [2.24, 2.45) is 0 Å². The maximum absolute atomic E-state index is 12.6. The molecular formula is C15H18F3NO4. The molecule has 1 aromatic carbocycles. The first-order chi connectivity index (χ1) is 10.8. The van der Waals surface area contributed by atoms with Crippen LogP contribution in [0.1, 0.15) is 10.4 Å². The van der Waals surface area contributed by atoms with Crippen molar-refractivity contribution in [3.8, 4) is 17.2 Å². The van der Waals surface area contributed by atoms with Crippen molar-refractivity contribution in [2.45, 2.75) is 6.18 Å². The number of amides is 1. The minimum absolute atomic E-state index is 0.0590. The number of carbonyl (C=O) groups excluding carboxylic acids is 1. The van der Waals surface area contributed by atoms with Crippen LogP contribution in [0.4, 0.5) is 13.2 Å². The SMILES string of the molecule is C=CCN(CC(F)(F)F)C(=O)c1cc(OC)c(OC)cc1OC. The zero-order valence-electron chi connectivity index (χ0n) is 13.1. The summed E-state index contributed by atoms with van der Waals surface area (Å²) in [6.45, 7) is 1.73. The maximum Gasteiger partial charge on any atom is 0.406 e. The maximum atomic E-state index is 12.6. The minimum atomic E-state index is -4.53. The number of carbonyl (C=O) groups is 1. The van der Waals surface area contributed by atoms with Gasteiger partial charge in [0.15, 0.2) is 11.5 Å². The molecule has 0 spiro atoms. The highest BCUT2D eigenvalue weighted by Gasteiger charge is 2.34. The first-order valence-corrected chi connectivity index (χ1v) is 6.54. The zero-order valence-corrected chi connectivity index (χ0v) is 13.1. The van der Waals surface area contributed by atoms with Crippen LogP contribution in [-0.2, 0) is 0 Å². The fourth-order valence-electron chi connectivity index (χ4n) is 1.96. The number of rotatable bonds is 7. The molecule has 0 aromatic heterocycles. The van der Waals surface area contributed by atoms with E-state index in [-0.39, 0.29) is 23.6 Å². The zero-order chi connectivity index (χ0) is 17.6. The predicted octanol–water partition coefficient (Wildman–Crippen LogP) is 2.90. The van der Waals surface area contributed by atoms with E-state index in [0.29, 0.717) is 10.6 Å². The van der Waals surface area contributed by atoms with Gasteiger partial charge >= 0.3 is 6.18 Å². The molecule has 0 N–H and O–H groups in total. The molecule has 0 radical (unpaired) electrons. The fraction of sp³-hybridized carbons (Fsp3) is 0.400. The van der Waals surface area contributed by atoms with E-state index in [1.54, 1.807) is 0 Å². The number of hydrogen-bond acceptors (Lipinski definition) is 4. The van der Waals surface area contributed by atoms with Crippen LogP contribution in [0.5, 0.6) is 17.2 Å². The van der Waals surface area contributed by atoms with Gasteiger partial charge in [0, 0.05) is 18.7 Å². The lowest BCUT2D eigenvalue weighted by atomic mass is 10.1. The average molecular weight is 333 g/mol. The van der Waals surface area contributed by atoms with Crippen molar-refractivity contribution < 1.29 is 32.2 Å². The summed E-state index contributed by atoms with van der Waals surface area (Å²) in [7, 11) is 4.06. The Morgan fingerprint density at radius 1 is 1.13 bits per heavy atom. The molecule has 0 saturated heterocycles. The van der Waals surface area contributed by atoms with Crippen LogP contribution in [0.2, 0.25) is 0 Å². The van der Waals surface area contributed by atoms with E-state index in [1.807, 2.05) is 0 Å². The lowest BCUT2D eigenvalue weighted by molar-refractivity contribution is -0.139. The number of alkyl halides is 3. The summed E-state index contributed by atoms with van der Waals surface area (Å²) >= 11 is 0. The number of ether oxygens (including phenoxy) is 3. The third kappa shape index (κ3) is 4.80. The second kappa shape index (κ2) is 7.75. The minimum Gasteiger partial charge on any atom is -0.496 e. The molecule has 1 aromatic rings. The highest BCUT2D eigenvalue weighted by atomic mass is 19.4. The lowest BCUT2D eigenvalue weighted by Gasteiger charge is -2.24. The smallest absolute Gasteiger partial charge is 0.406 e. The van der Waals surface area contributed by atoms with Gasteiger partial charge in [0.1, 0.15) is 12.3 Å². The highest BCUT2D eigenvalue weighted by Crippen LogP contribution is 2.35. The first kappa shape index (κ1) is 18.7. The average Bonchev–Trinajstić information content (AvgIpc) is 2.51. The Morgan fingerprint density at radius 3 is 2.09 bits per heavy atom. The van der Waals surface area contributed by atoms with E-state index in [1.165, 1.54) is 39.5 Å². The van der Waals surface area contributed by atoms with E-state index in [2.05, 4.69) is 6.58 Å². The van der Waals surface area contributed by atoms with Crippen LogP contribution in [0, 0.1) is 0 Å². The van der Waals surface area contributed by atoms with Gasteiger partial charge in [-0.2, -0.15) is 13.2 Å². The summed E-state index contributed by atoms with van der Waals surface area (Å²) < 4.78 is 53.2. The highest BCUT2D eigenvalue weighted by molar-refractivity contribution is 5.98. The van der Waals surface area contributed by atoms with E-state index in [4.69, 9.17) is 14.2 Å². The Hall–Kier alpha value is -2.38. The number of methoxy groups -OCH3 is 3. The molecule has 0 unspecified atom stereocenters. The Bertz CT molecular complexity index is 573. The van der Waals surface area contributed by atoms with Crippen LogP contribution in [0.25, 0.3) is 0 Å². The van der Waals surface area contributed by atoms with Gasteiger partial charge in [-0.15, -0.1) is 6.58 Å². The summed E-state index contributed by atoms with van der Waals surface area (Å²) in [6, 6.07) is 2.66. The van der Waals surface area contributed by atoms with Crippen molar-refractivity contribution >= 4 is 5.91 Å². The molecule has 128 valence electrons. The van der Waals surface area contributed by atoms with E-state index < -0.39 is 18.6 Å². The van der Waals surface area contributed by atoms with Crippen LogP contribution < -0.4 is 14.2 Å². The van der Waals surface area contributed by atoms with Gasteiger partial charge in [-0.1, -0.05) is 6.08 Å². The standard InChI is InChI=1S/C15H18F3NO4/c1-5-6-19(9-15(16,17)18)14(20)10-7-12(22-3)13(23-4)8-11(10)21-2/h5,7-8H,1,6,9H2,2-4H3. The van der Waals surface area contributed by atoms with Crippen molar-refractivity contribution in [1.29, 1.82) is 0 Å². The molecule has 23 heavy (non-hydrogen) atoms. The molecule has 0 saturated carbocycles. The van der Waals surface area contributed by atoms with Crippen LogP contribution >= 0.6 is 0 Å². The molecule has 8 heteroatoms. The molecule has 0 aliphatic carbocycles. The fourth-order valence-corrected chi connectivity index (χ4v) is 1.96. The van der Waals surface area contributed by atoms with Crippen LogP contribution in [0.15, 0.2) is 24.8 Å². The predicted molar refractivity (Wildman–Crippen MR) is 78.3 cm³/mol. The third-order valence-corrected chi connectivity index (χ3v) is 2.94. The Balaban J connectivity index is 3.29. The van der Waals surface area contributed by atoms with Gasteiger partial charge < -0.3 is 19.1 Å². The Kier molecular flexibility index (Phi) is 6.29. The second-order valence-corrected chi connectivity index (χ2v) is 4.50. The quantitative estimate of drug-likeness (QED) is 0.720. The number of halogens is 3. The number of hydrogen-bond donors (Lipinski definition) is 0. The van der Waals surface area contributed by atoms with Crippen molar-refractivity contribution in [3.05, 3.63) is 30.4 Å². The van der Waals surface area contributed by atoms with Gasteiger partial charge in [0.05, 0.1) is 26.9 Å². The lowest BCUT2D eigenvalue weighted by Crippen LogP contribution is -2.39. The van der Waals surface area contributed by atoms with Gasteiger partial charge in [0.2, 0.25) is 0 Å². The van der Waals surface area contributed by atoms with Gasteiger partial charge in [-0.25, -0.2) is 0 Å². The molecule has 0 aliphatic rings. The number of nitrogens with zero attached hydrogens (tertiary/aromatic N) is 1. The molecule has 1 rings (SSSR count). The van der Waals surface area contributed by atoms with E-state index in [0.717, 1.165) is 0 Å². The second-order valence-electron chi connectivity index (χ2n) is 4.50. The molecule has 1 amide bonds. The first-order valence-electron chi connectivity index (χ1n) is 6.54. The van der Waals surface area contributed by atoms with Crippen molar-refractivity contribution in [1.82, 2.24) is 4.90 Å². The summed E-state index contributed by atoms with van der Waals surface area (Å²) in [5.41, 5.74) is -0.0590. The summed E-state index contributed by atoms with van der Waals surface area (Å²) in [6.07, 6.45) is -3.31. The Labute approximate surface area is 132 Å². The Morgan fingerprint density at radius 2 is 1.65 bits per heavy atom. The van der Waals surface area contributed by atoms with Gasteiger partial charge in [-0.3, -0.25) is 4.79 Å². The topological polar surface area (TPSA) is 48.0 Å². The van der Waals surface area contributed by atoms with Crippen molar-refractivity contribution in [2.75, 3.05) is 34.4 Å². The van der Waals surface area contributed by atoms with Crippen LogP contribution in [-0.4, -0.2) is 51.4 Å². The van der Waals surface area contributed by atoms with E-state index in [9.17, 15) is 18.0 Å². The van der Waals surface area contributed by atoms with E-state index >= 15 is 0 Å². The third-order valence-electron chi connectivity index (χ3n) is 2.94. The summed E-state index contributed by atoms with van der Waals surface area (Å²) in [4.78, 5) is 13.1. The van der Waals surface area contributed by atoms with Gasteiger partial charge in [0.25, 0.3) is 5.91 Å². The summed E-state index contributed by atoms with van der Waals surface area (Å²) in [5, 5.41) is 0. The molecule has 0 atom stereocenters. The molecule has 0 heterocycles. The molecule has 0 fully saturated rings. The monoisotopic (exact) mass is 333 g/mol. The van der Waals surface area contributed by atoms with Gasteiger partial charge in [-0.05, 0) is 0 Å². The normalized spacial score (nSPS) is 10.9. The molecule has 0 aliphatic heterocycles. The number of benzene rings is 1. The summed E-state index contributed by atoms with van der Waals surface area (Å²) in [5.74, 6) is -0.252.